The van der Waals surface area contributed by atoms with Crippen LogP contribution in [0.1, 0.15) is 21.5 Å². The van der Waals surface area contributed by atoms with Crippen LogP contribution in [0.15, 0.2) is 64.2 Å². The number of carbonyl (C=O) groups excluding carboxylic acids is 1. The first-order chi connectivity index (χ1) is 15.6. The summed E-state index contributed by atoms with van der Waals surface area (Å²) in [4.78, 5) is 41.3. The molecule has 0 radical (unpaired) electrons. The maximum Gasteiger partial charge on any atom is 0.417 e. The van der Waals surface area contributed by atoms with Gasteiger partial charge in [0.25, 0.3) is 11.5 Å². The second kappa shape index (κ2) is 9.74. The number of alkyl halides is 3. The van der Waals surface area contributed by atoms with Gasteiger partial charge in [0.05, 0.1) is 30.8 Å². The Hall–Kier alpha value is -3.86. The molecule has 0 spiro atoms. The van der Waals surface area contributed by atoms with Crippen LogP contribution in [0, 0.1) is 0 Å². The van der Waals surface area contributed by atoms with E-state index >= 15 is 0 Å². The third-order valence-electron chi connectivity index (χ3n) is 4.89. The van der Waals surface area contributed by atoms with E-state index in [4.69, 9.17) is 10.5 Å². The summed E-state index contributed by atoms with van der Waals surface area (Å²) >= 11 is 0. The maximum atomic E-state index is 13.6. The highest BCUT2D eigenvalue weighted by Gasteiger charge is 2.37. The summed E-state index contributed by atoms with van der Waals surface area (Å²) < 4.78 is 46.7. The number of anilines is 2. The van der Waals surface area contributed by atoms with Crippen molar-refractivity contribution in [2.75, 3.05) is 24.4 Å². The lowest BCUT2D eigenvalue weighted by Gasteiger charge is -2.26. The van der Waals surface area contributed by atoms with Gasteiger partial charge >= 0.3 is 11.9 Å². The van der Waals surface area contributed by atoms with E-state index in [9.17, 15) is 27.6 Å². The predicted octanol–water partition coefficient (Wildman–Crippen LogP) is 2.63. The Kier molecular flexibility index (Phi) is 7.02. The van der Waals surface area contributed by atoms with Gasteiger partial charge in [-0.2, -0.15) is 13.2 Å². The van der Waals surface area contributed by atoms with Gasteiger partial charge in [0.2, 0.25) is 0 Å². The summed E-state index contributed by atoms with van der Waals surface area (Å²) in [6, 6.07) is 12.6. The molecule has 174 valence electrons. The van der Waals surface area contributed by atoms with Crippen molar-refractivity contribution < 1.29 is 22.7 Å². The minimum Gasteiger partial charge on any atom is -0.383 e. The number of nitrogen functional groups attached to an aromatic ring is 1. The summed E-state index contributed by atoms with van der Waals surface area (Å²) in [5.74, 6) is -1.46. The molecule has 0 atom stereocenters. The number of carbonyl (C=O) groups is 1. The highest BCUT2D eigenvalue weighted by molar-refractivity contribution is 6.08. The van der Waals surface area contributed by atoms with Crippen LogP contribution in [-0.2, 0) is 24.0 Å². The van der Waals surface area contributed by atoms with Crippen molar-refractivity contribution in [2.24, 2.45) is 0 Å². The number of methoxy groups -OCH3 is 1. The van der Waals surface area contributed by atoms with Crippen molar-refractivity contribution in [3.63, 3.8) is 0 Å². The van der Waals surface area contributed by atoms with Crippen molar-refractivity contribution >= 4 is 17.4 Å². The Morgan fingerprint density at radius 3 is 2.36 bits per heavy atom. The van der Waals surface area contributed by atoms with Gasteiger partial charge in [-0.15, -0.1) is 0 Å². The summed E-state index contributed by atoms with van der Waals surface area (Å²) in [7, 11) is 1.40. The van der Waals surface area contributed by atoms with Crippen molar-refractivity contribution in [1.29, 1.82) is 0 Å². The number of hydrogen-bond acceptors (Lipinski definition) is 5. The summed E-state index contributed by atoms with van der Waals surface area (Å²) in [6.45, 7) is -0.238. The number of aromatic amines is 1. The zero-order valence-corrected chi connectivity index (χ0v) is 17.6. The lowest BCUT2D eigenvalue weighted by Crippen LogP contribution is -2.41. The summed E-state index contributed by atoms with van der Waals surface area (Å²) in [5.41, 5.74) is 2.54. The van der Waals surface area contributed by atoms with E-state index in [1.54, 1.807) is 30.3 Å². The fourth-order valence-corrected chi connectivity index (χ4v) is 3.32. The highest BCUT2D eigenvalue weighted by Crippen LogP contribution is 2.33. The lowest BCUT2D eigenvalue weighted by atomic mass is 10.0. The predicted molar refractivity (Wildman–Crippen MR) is 116 cm³/mol. The minimum absolute atomic E-state index is 0.0442. The van der Waals surface area contributed by atoms with Crippen LogP contribution in [-0.4, -0.2) is 29.2 Å². The molecule has 8 nitrogen and oxygen atoms in total. The van der Waals surface area contributed by atoms with Crippen LogP contribution in [0.4, 0.5) is 24.7 Å². The second-order valence-electron chi connectivity index (χ2n) is 7.06. The van der Waals surface area contributed by atoms with Gasteiger partial charge in [0.15, 0.2) is 5.69 Å². The van der Waals surface area contributed by atoms with E-state index < -0.39 is 40.1 Å². The van der Waals surface area contributed by atoms with Gasteiger partial charge in [-0.1, -0.05) is 42.5 Å². The minimum atomic E-state index is -4.81. The molecule has 1 aromatic heterocycles. The van der Waals surface area contributed by atoms with Crippen molar-refractivity contribution in [1.82, 2.24) is 9.55 Å². The Morgan fingerprint density at radius 2 is 1.73 bits per heavy atom. The standard InChI is InChI=1S/C22H21F3N4O4/c1-33-12-11-28-18(26)17(19(30)27-21(28)32)29(13-14-7-3-2-4-8-14)20(31)15-9-5-6-10-16(15)22(23,24)25/h2-10H,11-13,26H2,1H3,(H,27,30,32). The molecular formula is C22H21F3N4O4. The van der Waals surface area contributed by atoms with Gasteiger partial charge in [0, 0.05) is 7.11 Å². The van der Waals surface area contributed by atoms with Crippen molar-refractivity contribution in [3.05, 3.63) is 92.1 Å². The second-order valence-corrected chi connectivity index (χ2v) is 7.06. The molecule has 33 heavy (non-hydrogen) atoms. The van der Waals surface area contributed by atoms with Gasteiger partial charge in [0.1, 0.15) is 5.82 Å². The van der Waals surface area contributed by atoms with Crippen LogP contribution in [0.5, 0.6) is 0 Å². The number of nitrogens with zero attached hydrogens (tertiary/aromatic N) is 2. The van der Waals surface area contributed by atoms with Gasteiger partial charge in [-0.25, -0.2) is 4.79 Å². The van der Waals surface area contributed by atoms with Crippen LogP contribution in [0.2, 0.25) is 0 Å². The van der Waals surface area contributed by atoms with Crippen molar-refractivity contribution in [3.8, 4) is 0 Å². The molecule has 0 saturated carbocycles. The van der Waals surface area contributed by atoms with Crippen LogP contribution in [0.25, 0.3) is 0 Å². The molecule has 3 aromatic rings. The van der Waals surface area contributed by atoms with Gasteiger partial charge < -0.3 is 10.5 Å². The smallest absolute Gasteiger partial charge is 0.383 e. The first kappa shape index (κ1) is 23.8. The number of amides is 1. The molecule has 3 rings (SSSR count). The maximum absolute atomic E-state index is 13.6. The molecule has 0 aliphatic carbocycles. The average Bonchev–Trinajstić information content (AvgIpc) is 2.78. The lowest BCUT2D eigenvalue weighted by molar-refractivity contribution is -0.137. The molecule has 1 heterocycles. The Bertz CT molecular complexity index is 1250. The molecule has 0 aliphatic rings. The quantitative estimate of drug-likeness (QED) is 0.561. The van der Waals surface area contributed by atoms with Crippen LogP contribution < -0.4 is 21.9 Å². The van der Waals surface area contributed by atoms with E-state index in [1.165, 1.54) is 13.2 Å². The number of rotatable bonds is 7. The molecule has 1 amide bonds. The largest absolute Gasteiger partial charge is 0.417 e. The zero-order valence-electron chi connectivity index (χ0n) is 17.6. The number of nitrogens with one attached hydrogen (secondary N) is 1. The fraction of sp³-hybridized carbons (Fsp3) is 0.227. The normalized spacial score (nSPS) is 11.4. The number of aromatic nitrogens is 2. The average molecular weight is 462 g/mol. The van der Waals surface area contributed by atoms with Crippen LogP contribution >= 0.6 is 0 Å². The van der Waals surface area contributed by atoms with Crippen LogP contribution in [0.3, 0.4) is 0 Å². The van der Waals surface area contributed by atoms with Gasteiger partial charge in [-0.05, 0) is 17.7 Å². The summed E-state index contributed by atoms with van der Waals surface area (Å²) in [6.07, 6.45) is -4.81. The Labute approximate surface area is 186 Å². The van der Waals surface area contributed by atoms with Crippen molar-refractivity contribution in [2.45, 2.75) is 19.3 Å². The summed E-state index contributed by atoms with van der Waals surface area (Å²) in [5, 5.41) is 0. The highest BCUT2D eigenvalue weighted by atomic mass is 19.4. The number of nitrogens with two attached hydrogens (primary N) is 1. The molecule has 0 bridgehead atoms. The monoisotopic (exact) mass is 462 g/mol. The van der Waals surface area contributed by atoms with E-state index in [2.05, 4.69) is 4.98 Å². The van der Waals surface area contributed by atoms with E-state index in [0.29, 0.717) is 5.56 Å². The van der Waals surface area contributed by atoms with E-state index in [-0.39, 0.29) is 25.5 Å². The third kappa shape index (κ3) is 5.14. The van der Waals surface area contributed by atoms with E-state index in [0.717, 1.165) is 27.7 Å². The number of H-pyrrole nitrogens is 1. The molecule has 2 aromatic carbocycles. The Balaban J connectivity index is 2.22. The molecule has 11 heteroatoms. The molecule has 3 N–H and O–H groups in total. The fourth-order valence-electron chi connectivity index (χ4n) is 3.32. The first-order valence-corrected chi connectivity index (χ1v) is 9.78. The number of benzene rings is 2. The third-order valence-corrected chi connectivity index (χ3v) is 4.89. The molecule has 0 aliphatic heterocycles. The number of halogens is 3. The zero-order chi connectivity index (χ0) is 24.2. The molecule has 0 fully saturated rings. The molecule has 0 saturated heterocycles. The van der Waals surface area contributed by atoms with Gasteiger partial charge in [-0.3, -0.25) is 24.0 Å². The number of ether oxygens (including phenoxy) is 1. The molecular weight excluding hydrogens is 441 g/mol. The van der Waals surface area contributed by atoms with E-state index in [1.807, 2.05) is 0 Å². The topological polar surface area (TPSA) is 110 Å². The number of hydrogen-bond donors (Lipinski definition) is 2. The SMILES string of the molecule is COCCn1c(N)c(N(Cc2ccccc2)C(=O)c2ccccc2C(F)(F)F)c(=O)[nH]c1=O. The first-order valence-electron chi connectivity index (χ1n) is 9.78. The molecule has 0 unspecified atom stereocenters. The Morgan fingerprint density at radius 1 is 1.09 bits per heavy atom.